The van der Waals surface area contributed by atoms with Crippen LogP contribution in [0.4, 0.5) is 0 Å². The van der Waals surface area contributed by atoms with Crippen LogP contribution in [0, 0.1) is 11.3 Å². The molecule has 2 nitrogen and oxygen atoms in total. The largest absolute Gasteiger partial charge is 0.243 e. The highest BCUT2D eigenvalue weighted by molar-refractivity contribution is 9.08. The molecule has 0 saturated heterocycles. The Bertz CT molecular complexity index is 306. The van der Waals surface area contributed by atoms with E-state index in [0.29, 0.717) is 10.9 Å². The summed E-state index contributed by atoms with van der Waals surface area (Å²) in [6.07, 6.45) is 1.64. The summed E-state index contributed by atoms with van der Waals surface area (Å²) in [7, 11) is 0. The SMILES string of the molecule is N#Cc1cc(CBr)cnc1Cl. The second kappa shape index (κ2) is 3.70. The minimum absolute atomic E-state index is 0.261. The van der Waals surface area contributed by atoms with Gasteiger partial charge in [0.25, 0.3) is 0 Å². The minimum atomic E-state index is 0.261. The molecular weight excluding hydrogens is 227 g/mol. The maximum atomic E-state index is 8.55. The third-order valence-electron chi connectivity index (χ3n) is 1.17. The predicted molar refractivity (Wildman–Crippen MR) is 46.6 cm³/mol. The van der Waals surface area contributed by atoms with Crippen LogP contribution >= 0.6 is 27.5 Å². The molecule has 1 aromatic rings. The molecule has 0 aliphatic rings. The van der Waals surface area contributed by atoms with E-state index in [4.69, 9.17) is 16.9 Å². The standard InChI is InChI=1S/C7H4BrClN2/c8-2-5-1-6(3-10)7(9)11-4-5/h1,4H,2H2. The number of alkyl halides is 1. The zero-order valence-electron chi connectivity index (χ0n) is 5.51. The Morgan fingerprint density at radius 1 is 1.73 bits per heavy atom. The van der Waals surface area contributed by atoms with Crippen LogP contribution in [0.15, 0.2) is 12.3 Å². The molecule has 0 unspecified atom stereocenters. The van der Waals surface area contributed by atoms with E-state index >= 15 is 0 Å². The number of aromatic nitrogens is 1. The molecule has 56 valence electrons. The average molecular weight is 231 g/mol. The summed E-state index contributed by atoms with van der Waals surface area (Å²) < 4.78 is 0. The molecule has 1 heterocycles. The zero-order chi connectivity index (χ0) is 8.27. The van der Waals surface area contributed by atoms with Gasteiger partial charge in [-0.3, -0.25) is 0 Å². The molecule has 0 aliphatic carbocycles. The smallest absolute Gasteiger partial charge is 0.146 e. The van der Waals surface area contributed by atoms with Crippen molar-refractivity contribution in [2.45, 2.75) is 5.33 Å². The van der Waals surface area contributed by atoms with Gasteiger partial charge in [-0.1, -0.05) is 27.5 Å². The highest BCUT2D eigenvalue weighted by Crippen LogP contribution is 2.14. The summed E-state index contributed by atoms with van der Waals surface area (Å²) >= 11 is 8.86. The first-order valence-electron chi connectivity index (χ1n) is 2.88. The van der Waals surface area contributed by atoms with Crippen molar-refractivity contribution in [2.24, 2.45) is 0 Å². The normalized spacial score (nSPS) is 9.18. The van der Waals surface area contributed by atoms with Gasteiger partial charge in [0.2, 0.25) is 0 Å². The van der Waals surface area contributed by atoms with Crippen molar-refractivity contribution in [3.05, 3.63) is 28.5 Å². The van der Waals surface area contributed by atoms with Crippen LogP contribution in [-0.4, -0.2) is 4.98 Å². The van der Waals surface area contributed by atoms with E-state index < -0.39 is 0 Å². The Morgan fingerprint density at radius 2 is 2.45 bits per heavy atom. The summed E-state index contributed by atoms with van der Waals surface area (Å²) in [6.45, 7) is 0. The highest BCUT2D eigenvalue weighted by Gasteiger charge is 2.00. The number of nitrogens with zero attached hydrogens (tertiary/aromatic N) is 2. The van der Waals surface area contributed by atoms with Gasteiger partial charge in [-0.25, -0.2) is 4.98 Å². The van der Waals surface area contributed by atoms with Crippen molar-refractivity contribution in [1.82, 2.24) is 4.98 Å². The zero-order valence-corrected chi connectivity index (χ0v) is 7.85. The second-order valence-electron chi connectivity index (χ2n) is 1.93. The minimum Gasteiger partial charge on any atom is -0.243 e. The Balaban J connectivity index is 3.15. The summed E-state index contributed by atoms with van der Waals surface area (Å²) in [5.41, 5.74) is 1.37. The molecule has 0 amide bonds. The third-order valence-corrected chi connectivity index (χ3v) is 2.12. The number of hydrogen-bond acceptors (Lipinski definition) is 2. The van der Waals surface area contributed by atoms with Gasteiger partial charge in [0.05, 0.1) is 5.56 Å². The van der Waals surface area contributed by atoms with Crippen molar-refractivity contribution >= 4 is 27.5 Å². The molecule has 0 fully saturated rings. The van der Waals surface area contributed by atoms with Crippen LogP contribution in [0.5, 0.6) is 0 Å². The number of halogens is 2. The lowest BCUT2D eigenvalue weighted by atomic mass is 10.2. The van der Waals surface area contributed by atoms with Gasteiger partial charge in [0.1, 0.15) is 11.2 Å². The molecule has 1 rings (SSSR count). The molecule has 0 N–H and O–H groups in total. The molecule has 0 aromatic carbocycles. The number of pyridine rings is 1. The van der Waals surface area contributed by atoms with Gasteiger partial charge in [-0.05, 0) is 11.6 Å². The Kier molecular flexibility index (Phi) is 2.86. The molecule has 1 aromatic heterocycles. The number of hydrogen-bond donors (Lipinski definition) is 0. The molecule has 0 saturated carbocycles. The average Bonchev–Trinajstić information content (AvgIpc) is 2.05. The fraction of sp³-hybridized carbons (Fsp3) is 0.143. The molecule has 4 heteroatoms. The molecule has 0 radical (unpaired) electrons. The van der Waals surface area contributed by atoms with Crippen LogP contribution in [0.25, 0.3) is 0 Å². The Morgan fingerprint density at radius 3 is 3.00 bits per heavy atom. The van der Waals surface area contributed by atoms with E-state index in [1.54, 1.807) is 12.3 Å². The van der Waals surface area contributed by atoms with Gasteiger partial charge < -0.3 is 0 Å². The summed E-state index contributed by atoms with van der Waals surface area (Å²) in [4.78, 5) is 3.83. The number of nitriles is 1. The lowest BCUT2D eigenvalue weighted by Crippen LogP contribution is -1.85. The maximum Gasteiger partial charge on any atom is 0.146 e. The van der Waals surface area contributed by atoms with Crippen molar-refractivity contribution in [3.8, 4) is 6.07 Å². The lowest BCUT2D eigenvalue weighted by Gasteiger charge is -1.95. The van der Waals surface area contributed by atoms with Crippen molar-refractivity contribution < 1.29 is 0 Å². The third kappa shape index (κ3) is 1.92. The van der Waals surface area contributed by atoms with Crippen LogP contribution < -0.4 is 0 Å². The van der Waals surface area contributed by atoms with E-state index in [1.807, 2.05) is 6.07 Å². The highest BCUT2D eigenvalue weighted by atomic mass is 79.9. The van der Waals surface area contributed by atoms with Gasteiger partial charge >= 0.3 is 0 Å². The van der Waals surface area contributed by atoms with E-state index in [0.717, 1.165) is 5.56 Å². The lowest BCUT2D eigenvalue weighted by molar-refractivity contribution is 1.24. The predicted octanol–water partition coefficient (Wildman–Crippen LogP) is 2.50. The van der Waals surface area contributed by atoms with Crippen molar-refractivity contribution in [3.63, 3.8) is 0 Å². The second-order valence-corrected chi connectivity index (χ2v) is 2.85. The van der Waals surface area contributed by atoms with Crippen LogP contribution in [-0.2, 0) is 5.33 Å². The monoisotopic (exact) mass is 230 g/mol. The van der Waals surface area contributed by atoms with Gasteiger partial charge in [0, 0.05) is 11.5 Å². The van der Waals surface area contributed by atoms with Gasteiger partial charge in [-0.15, -0.1) is 0 Å². The Labute approximate surface area is 77.9 Å². The van der Waals surface area contributed by atoms with Crippen LogP contribution in [0.2, 0.25) is 5.15 Å². The Hall–Kier alpha value is -0.590. The summed E-state index contributed by atoms with van der Waals surface area (Å²) in [5, 5.41) is 9.50. The van der Waals surface area contributed by atoms with E-state index in [9.17, 15) is 0 Å². The van der Waals surface area contributed by atoms with E-state index in [-0.39, 0.29) is 5.15 Å². The molecular formula is C7H4BrClN2. The fourth-order valence-electron chi connectivity index (χ4n) is 0.643. The van der Waals surface area contributed by atoms with Gasteiger partial charge in [-0.2, -0.15) is 5.26 Å². The first-order valence-corrected chi connectivity index (χ1v) is 4.38. The van der Waals surface area contributed by atoms with E-state index in [2.05, 4.69) is 20.9 Å². The summed E-state index contributed by atoms with van der Waals surface area (Å²) in [6, 6.07) is 3.67. The number of rotatable bonds is 1. The van der Waals surface area contributed by atoms with Crippen LogP contribution in [0.3, 0.4) is 0 Å². The topological polar surface area (TPSA) is 36.7 Å². The molecule has 11 heavy (non-hydrogen) atoms. The van der Waals surface area contributed by atoms with Gasteiger partial charge in [0.15, 0.2) is 0 Å². The molecule has 0 bridgehead atoms. The quantitative estimate of drug-likeness (QED) is 0.550. The maximum absolute atomic E-state index is 8.55. The van der Waals surface area contributed by atoms with Crippen molar-refractivity contribution in [2.75, 3.05) is 0 Å². The fourth-order valence-corrected chi connectivity index (χ4v) is 1.10. The molecule has 0 spiro atoms. The first kappa shape index (κ1) is 8.51. The molecule has 0 atom stereocenters. The van der Waals surface area contributed by atoms with E-state index in [1.165, 1.54) is 0 Å². The first-order chi connectivity index (χ1) is 5.27. The summed E-state index contributed by atoms with van der Waals surface area (Å²) in [5.74, 6) is 0. The van der Waals surface area contributed by atoms with Crippen LogP contribution in [0.1, 0.15) is 11.1 Å². The van der Waals surface area contributed by atoms with Crippen molar-refractivity contribution in [1.29, 1.82) is 5.26 Å². The molecule has 0 aliphatic heterocycles.